The number of nitrogens with zero attached hydrogens (tertiary/aromatic N) is 2. The van der Waals surface area contributed by atoms with Crippen LogP contribution in [0.2, 0.25) is 5.02 Å². The monoisotopic (exact) mass is 450 g/mol. The summed E-state index contributed by atoms with van der Waals surface area (Å²) >= 11 is 6.08. The van der Waals surface area contributed by atoms with E-state index in [0.29, 0.717) is 18.7 Å². The van der Waals surface area contributed by atoms with E-state index < -0.39 is 10.0 Å². The number of aryl methyl sites for hydroxylation is 2. The second-order valence-corrected chi connectivity index (χ2v) is 10.3. The second kappa shape index (κ2) is 8.96. The van der Waals surface area contributed by atoms with Crippen LogP contribution in [0.3, 0.4) is 0 Å². The molecule has 0 bridgehead atoms. The Balaban J connectivity index is 1.67. The molecule has 1 amide bonds. The largest absolute Gasteiger partial charge is 0.490 e. The molecule has 0 spiro atoms. The lowest BCUT2D eigenvalue weighted by molar-refractivity contribution is 0.0595. The predicted octanol–water partition coefficient (Wildman–Crippen LogP) is 3.89. The Kier molecular flexibility index (Phi) is 6.75. The summed E-state index contributed by atoms with van der Waals surface area (Å²) < 4.78 is 32.1. The zero-order valence-electron chi connectivity index (χ0n) is 17.7. The molecule has 30 heavy (non-hydrogen) atoms. The van der Waals surface area contributed by atoms with Crippen molar-refractivity contribution in [3.05, 3.63) is 58.1 Å². The zero-order chi connectivity index (χ0) is 22.1. The fourth-order valence-corrected chi connectivity index (χ4v) is 4.76. The van der Waals surface area contributed by atoms with Crippen LogP contribution >= 0.6 is 11.6 Å². The van der Waals surface area contributed by atoms with Gasteiger partial charge in [-0.2, -0.15) is 0 Å². The molecule has 8 heteroatoms. The number of hydrogen-bond acceptors (Lipinski definition) is 4. The van der Waals surface area contributed by atoms with Crippen molar-refractivity contribution < 1.29 is 17.9 Å². The van der Waals surface area contributed by atoms with Gasteiger partial charge >= 0.3 is 0 Å². The Hall–Kier alpha value is -2.09. The maximum absolute atomic E-state index is 12.9. The van der Waals surface area contributed by atoms with Crippen LogP contribution in [-0.2, 0) is 10.0 Å². The number of carbonyl (C=O) groups is 1. The standard InChI is InChI=1S/C22H27ClN2O4S/c1-15-5-7-19(13-16(15)2)29-18-9-11-25(12-10-18)22(26)17-6-8-20(23)21(14-17)30(27,28)24(3)4/h5-8,13-14,18H,9-12H2,1-4H3. The third kappa shape index (κ3) is 4.79. The van der Waals surface area contributed by atoms with Crippen LogP contribution in [0.15, 0.2) is 41.3 Å². The average molecular weight is 451 g/mol. The third-order valence-corrected chi connectivity index (χ3v) is 7.74. The average Bonchev–Trinajstić information content (AvgIpc) is 2.71. The number of likely N-dealkylation sites (tertiary alicyclic amines) is 1. The van der Waals surface area contributed by atoms with Gasteiger partial charge in [0.25, 0.3) is 5.91 Å². The van der Waals surface area contributed by atoms with Crippen LogP contribution in [0, 0.1) is 13.8 Å². The highest BCUT2D eigenvalue weighted by Gasteiger charge is 2.27. The van der Waals surface area contributed by atoms with E-state index in [0.717, 1.165) is 22.9 Å². The van der Waals surface area contributed by atoms with Gasteiger partial charge in [-0.1, -0.05) is 17.7 Å². The van der Waals surface area contributed by atoms with Crippen LogP contribution in [-0.4, -0.2) is 56.8 Å². The lowest BCUT2D eigenvalue weighted by atomic mass is 10.1. The van der Waals surface area contributed by atoms with Gasteiger partial charge in [-0.05, 0) is 55.3 Å². The van der Waals surface area contributed by atoms with Gasteiger partial charge in [0.15, 0.2) is 0 Å². The lowest BCUT2D eigenvalue weighted by Crippen LogP contribution is -2.41. The molecule has 1 fully saturated rings. The number of benzene rings is 2. The van der Waals surface area contributed by atoms with E-state index in [1.165, 1.54) is 37.4 Å². The molecule has 0 unspecified atom stereocenters. The number of piperidine rings is 1. The third-order valence-electron chi connectivity index (χ3n) is 5.45. The van der Waals surface area contributed by atoms with Gasteiger partial charge in [-0.25, -0.2) is 12.7 Å². The molecule has 2 aromatic carbocycles. The molecule has 3 rings (SSSR count). The molecule has 0 aliphatic carbocycles. The molecule has 1 saturated heterocycles. The summed E-state index contributed by atoms with van der Waals surface area (Å²) in [6.07, 6.45) is 1.48. The first kappa shape index (κ1) is 22.6. The number of rotatable bonds is 5. The molecule has 1 heterocycles. The number of amides is 1. The summed E-state index contributed by atoms with van der Waals surface area (Å²) in [5.41, 5.74) is 2.72. The Labute approximate surface area is 183 Å². The van der Waals surface area contributed by atoms with Crippen LogP contribution in [0.1, 0.15) is 34.3 Å². The predicted molar refractivity (Wildman–Crippen MR) is 118 cm³/mol. The first-order valence-electron chi connectivity index (χ1n) is 9.85. The van der Waals surface area contributed by atoms with Crippen molar-refractivity contribution in [2.45, 2.75) is 37.7 Å². The number of carbonyl (C=O) groups excluding carboxylic acids is 1. The van der Waals surface area contributed by atoms with Gasteiger partial charge in [0.1, 0.15) is 16.7 Å². The lowest BCUT2D eigenvalue weighted by Gasteiger charge is -2.32. The van der Waals surface area contributed by atoms with Crippen molar-refractivity contribution in [3.63, 3.8) is 0 Å². The fourth-order valence-electron chi connectivity index (χ4n) is 3.37. The minimum Gasteiger partial charge on any atom is -0.490 e. The highest BCUT2D eigenvalue weighted by atomic mass is 35.5. The van der Waals surface area contributed by atoms with Gasteiger partial charge in [-0.15, -0.1) is 0 Å². The fraction of sp³-hybridized carbons (Fsp3) is 0.409. The summed E-state index contributed by atoms with van der Waals surface area (Å²) in [5.74, 6) is 0.644. The minimum absolute atomic E-state index is 0.0473. The quantitative estimate of drug-likeness (QED) is 0.693. The zero-order valence-corrected chi connectivity index (χ0v) is 19.3. The molecule has 1 aliphatic heterocycles. The number of ether oxygens (including phenoxy) is 1. The van der Waals surface area contributed by atoms with E-state index in [9.17, 15) is 13.2 Å². The summed E-state index contributed by atoms with van der Waals surface area (Å²) in [6.45, 7) is 5.22. The Morgan fingerprint density at radius 2 is 1.73 bits per heavy atom. The van der Waals surface area contributed by atoms with Crippen molar-refractivity contribution in [1.82, 2.24) is 9.21 Å². The summed E-state index contributed by atoms with van der Waals surface area (Å²) in [5, 5.41) is 0.0979. The SMILES string of the molecule is Cc1ccc(OC2CCN(C(=O)c3ccc(Cl)c(S(=O)(=O)N(C)C)c3)CC2)cc1C. The van der Waals surface area contributed by atoms with Crippen molar-refractivity contribution in [2.75, 3.05) is 27.2 Å². The van der Waals surface area contributed by atoms with Crippen molar-refractivity contribution in [2.24, 2.45) is 0 Å². The number of hydrogen-bond donors (Lipinski definition) is 0. The van der Waals surface area contributed by atoms with Crippen LogP contribution in [0.5, 0.6) is 5.75 Å². The van der Waals surface area contributed by atoms with Crippen molar-refractivity contribution in [1.29, 1.82) is 0 Å². The molecule has 0 atom stereocenters. The van der Waals surface area contributed by atoms with Crippen molar-refractivity contribution >= 4 is 27.5 Å². The molecular weight excluding hydrogens is 424 g/mol. The molecule has 0 radical (unpaired) electrons. The summed E-state index contributed by atoms with van der Waals surface area (Å²) in [6, 6.07) is 10.4. The molecule has 162 valence electrons. The van der Waals surface area contributed by atoms with Gasteiger partial charge < -0.3 is 9.64 Å². The van der Waals surface area contributed by atoms with E-state index in [-0.39, 0.29) is 21.9 Å². The smallest absolute Gasteiger partial charge is 0.253 e. The number of sulfonamides is 1. The maximum Gasteiger partial charge on any atom is 0.253 e. The molecular formula is C22H27ClN2O4S. The second-order valence-electron chi connectivity index (χ2n) is 7.79. The van der Waals surface area contributed by atoms with E-state index in [1.54, 1.807) is 11.0 Å². The van der Waals surface area contributed by atoms with E-state index in [4.69, 9.17) is 16.3 Å². The van der Waals surface area contributed by atoms with Crippen molar-refractivity contribution in [3.8, 4) is 5.75 Å². The molecule has 0 N–H and O–H groups in total. The van der Waals surface area contributed by atoms with Gasteiger partial charge in [0.05, 0.1) is 5.02 Å². The maximum atomic E-state index is 12.9. The molecule has 1 aliphatic rings. The number of halogens is 1. The van der Waals surface area contributed by atoms with Gasteiger partial charge in [0, 0.05) is 45.6 Å². The molecule has 2 aromatic rings. The molecule has 0 saturated carbocycles. The highest BCUT2D eigenvalue weighted by Crippen LogP contribution is 2.27. The minimum atomic E-state index is -3.73. The van der Waals surface area contributed by atoms with Gasteiger partial charge in [0.2, 0.25) is 10.0 Å². The molecule has 0 aromatic heterocycles. The summed E-state index contributed by atoms with van der Waals surface area (Å²) in [7, 11) is -0.872. The van der Waals surface area contributed by atoms with Crippen LogP contribution < -0.4 is 4.74 Å². The highest BCUT2D eigenvalue weighted by molar-refractivity contribution is 7.89. The van der Waals surface area contributed by atoms with E-state index in [1.807, 2.05) is 18.2 Å². The Morgan fingerprint density at radius 1 is 1.07 bits per heavy atom. The Bertz CT molecular complexity index is 1050. The van der Waals surface area contributed by atoms with Crippen LogP contribution in [0.25, 0.3) is 0 Å². The normalized spacial score (nSPS) is 15.5. The first-order chi connectivity index (χ1) is 14.1. The topological polar surface area (TPSA) is 66.9 Å². The van der Waals surface area contributed by atoms with Crippen LogP contribution in [0.4, 0.5) is 0 Å². The Morgan fingerprint density at radius 3 is 2.33 bits per heavy atom. The summed E-state index contributed by atoms with van der Waals surface area (Å²) in [4.78, 5) is 14.6. The first-order valence-corrected chi connectivity index (χ1v) is 11.7. The van der Waals surface area contributed by atoms with E-state index >= 15 is 0 Å². The molecule has 6 nitrogen and oxygen atoms in total. The van der Waals surface area contributed by atoms with Gasteiger partial charge in [-0.3, -0.25) is 4.79 Å². The van der Waals surface area contributed by atoms with E-state index in [2.05, 4.69) is 13.8 Å².